The van der Waals surface area contributed by atoms with Crippen LogP contribution in [0.3, 0.4) is 0 Å². The predicted octanol–water partition coefficient (Wildman–Crippen LogP) is 2.74. The third-order valence-corrected chi connectivity index (χ3v) is 6.31. The van der Waals surface area contributed by atoms with Gasteiger partial charge in [-0.2, -0.15) is 11.8 Å². The maximum atomic E-state index is 4.62. The van der Waals surface area contributed by atoms with Crippen LogP contribution in [0.15, 0.2) is 4.99 Å². The van der Waals surface area contributed by atoms with E-state index in [4.69, 9.17) is 0 Å². The molecule has 2 nitrogen and oxygen atoms in total. The van der Waals surface area contributed by atoms with E-state index in [-0.39, 0.29) is 0 Å². The third kappa shape index (κ3) is 2.89. The van der Waals surface area contributed by atoms with E-state index < -0.39 is 0 Å². The Balaban J connectivity index is 1.38. The molecule has 0 aromatic rings. The normalized spacial score (nSPS) is 34.9. The fourth-order valence-electron chi connectivity index (χ4n) is 2.37. The Bertz CT molecular complexity index is 270. The first-order valence-electron chi connectivity index (χ1n) is 6.48. The van der Waals surface area contributed by atoms with Gasteiger partial charge in [-0.15, -0.1) is 0 Å². The van der Waals surface area contributed by atoms with Crippen LogP contribution in [0.1, 0.15) is 32.1 Å². The quantitative estimate of drug-likeness (QED) is 0.840. The van der Waals surface area contributed by atoms with Crippen molar-refractivity contribution in [2.75, 3.05) is 18.8 Å². The summed E-state index contributed by atoms with van der Waals surface area (Å²) in [5.41, 5.74) is 0. The summed E-state index contributed by atoms with van der Waals surface area (Å²) in [6, 6.07) is 0. The molecule has 2 atom stereocenters. The van der Waals surface area contributed by atoms with Crippen LogP contribution in [0.4, 0.5) is 0 Å². The molecule has 0 radical (unpaired) electrons. The highest BCUT2D eigenvalue weighted by Gasteiger charge is 2.35. The number of thioether (sulfide) groups is 2. The van der Waals surface area contributed by atoms with E-state index in [1.165, 1.54) is 43.0 Å². The lowest BCUT2D eigenvalue weighted by Crippen LogP contribution is -2.29. The van der Waals surface area contributed by atoms with Crippen LogP contribution >= 0.6 is 23.5 Å². The Labute approximate surface area is 106 Å². The lowest BCUT2D eigenvalue weighted by molar-refractivity contribution is 0.650. The van der Waals surface area contributed by atoms with Crippen LogP contribution < -0.4 is 5.32 Å². The fraction of sp³-hybridized carbons (Fsp3) is 0.917. The zero-order valence-electron chi connectivity index (χ0n) is 9.65. The van der Waals surface area contributed by atoms with Gasteiger partial charge < -0.3 is 5.32 Å². The van der Waals surface area contributed by atoms with Gasteiger partial charge in [-0.1, -0.05) is 18.2 Å². The first kappa shape index (κ1) is 11.3. The molecule has 1 N–H and O–H groups in total. The molecule has 90 valence electrons. The molecule has 16 heavy (non-hydrogen) atoms. The molecule has 0 bridgehead atoms. The zero-order chi connectivity index (χ0) is 10.8. The maximum Gasteiger partial charge on any atom is 0.156 e. The summed E-state index contributed by atoms with van der Waals surface area (Å²) in [5, 5.41) is 6.42. The lowest BCUT2D eigenvalue weighted by Gasteiger charge is -2.21. The smallest absolute Gasteiger partial charge is 0.156 e. The van der Waals surface area contributed by atoms with Crippen molar-refractivity contribution in [2.24, 2.45) is 10.9 Å². The van der Waals surface area contributed by atoms with E-state index in [2.05, 4.69) is 22.1 Å². The molecular weight excluding hydrogens is 236 g/mol. The fourth-order valence-corrected chi connectivity index (χ4v) is 4.83. The molecule has 4 heteroatoms. The molecule has 2 unspecified atom stereocenters. The van der Waals surface area contributed by atoms with Crippen molar-refractivity contribution >= 4 is 28.7 Å². The number of amidine groups is 1. The summed E-state index contributed by atoms with van der Waals surface area (Å²) in [5.74, 6) is 2.34. The standard InChI is InChI=1S/C12H20N2S2/c1-2-6-15-10(3-1)7-13-12-14-8-11(16-12)9-4-5-9/h9-11H,1-8H2,(H,13,14). The van der Waals surface area contributed by atoms with E-state index in [0.717, 1.165) is 29.5 Å². The van der Waals surface area contributed by atoms with Crippen molar-refractivity contribution in [1.29, 1.82) is 0 Å². The number of nitrogens with zero attached hydrogens (tertiary/aromatic N) is 1. The van der Waals surface area contributed by atoms with E-state index in [1.54, 1.807) is 0 Å². The maximum absolute atomic E-state index is 4.62. The van der Waals surface area contributed by atoms with Gasteiger partial charge in [0.05, 0.1) is 6.54 Å². The van der Waals surface area contributed by atoms with E-state index in [9.17, 15) is 0 Å². The second-order valence-corrected chi connectivity index (χ2v) is 7.65. The number of hydrogen-bond donors (Lipinski definition) is 1. The van der Waals surface area contributed by atoms with Gasteiger partial charge in [-0.05, 0) is 37.4 Å². The average molecular weight is 256 g/mol. The topological polar surface area (TPSA) is 24.4 Å². The zero-order valence-corrected chi connectivity index (χ0v) is 11.3. The second kappa shape index (κ2) is 5.21. The minimum atomic E-state index is 0.807. The van der Waals surface area contributed by atoms with Crippen LogP contribution in [-0.2, 0) is 0 Å². The van der Waals surface area contributed by atoms with Gasteiger partial charge in [0.1, 0.15) is 0 Å². The second-order valence-electron chi connectivity index (χ2n) is 5.01. The first-order valence-corrected chi connectivity index (χ1v) is 8.41. The highest BCUT2D eigenvalue weighted by Crippen LogP contribution is 2.41. The van der Waals surface area contributed by atoms with Crippen molar-refractivity contribution in [1.82, 2.24) is 5.32 Å². The van der Waals surface area contributed by atoms with Gasteiger partial charge in [0.2, 0.25) is 0 Å². The van der Waals surface area contributed by atoms with Gasteiger partial charge in [0.15, 0.2) is 5.17 Å². The van der Waals surface area contributed by atoms with Crippen LogP contribution in [-0.4, -0.2) is 34.5 Å². The molecule has 2 fully saturated rings. The lowest BCUT2D eigenvalue weighted by atomic mass is 10.2. The summed E-state index contributed by atoms with van der Waals surface area (Å²) in [6.07, 6.45) is 7.11. The molecule has 2 aliphatic heterocycles. The summed E-state index contributed by atoms with van der Waals surface area (Å²) in [4.78, 5) is 4.62. The van der Waals surface area contributed by atoms with E-state index >= 15 is 0 Å². The SMILES string of the molecule is C1CCC(CNC2=NCC(C3CC3)S2)SC1. The number of nitrogens with one attached hydrogen (secondary N) is 1. The van der Waals surface area contributed by atoms with Crippen molar-refractivity contribution in [2.45, 2.75) is 42.6 Å². The molecule has 2 heterocycles. The van der Waals surface area contributed by atoms with Crippen molar-refractivity contribution in [3.63, 3.8) is 0 Å². The van der Waals surface area contributed by atoms with Gasteiger partial charge in [0.25, 0.3) is 0 Å². The van der Waals surface area contributed by atoms with Crippen molar-refractivity contribution < 1.29 is 0 Å². The monoisotopic (exact) mass is 256 g/mol. The summed E-state index contributed by atoms with van der Waals surface area (Å²) in [7, 11) is 0. The Morgan fingerprint density at radius 1 is 1.25 bits per heavy atom. The molecule has 3 aliphatic rings. The van der Waals surface area contributed by atoms with Crippen LogP contribution in [0, 0.1) is 5.92 Å². The van der Waals surface area contributed by atoms with Gasteiger partial charge in [-0.3, -0.25) is 4.99 Å². The predicted molar refractivity (Wildman–Crippen MR) is 74.5 cm³/mol. The number of aliphatic imine (C=N–C) groups is 1. The van der Waals surface area contributed by atoms with Crippen LogP contribution in [0.25, 0.3) is 0 Å². The largest absolute Gasteiger partial charge is 0.364 e. The molecule has 3 rings (SSSR count). The average Bonchev–Trinajstić information content (AvgIpc) is 3.08. The van der Waals surface area contributed by atoms with E-state index in [0.29, 0.717) is 0 Å². The summed E-state index contributed by atoms with van der Waals surface area (Å²) < 4.78 is 0. The summed E-state index contributed by atoms with van der Waals surface area (Å²) in [6.45, 7) is 2.20. The Morgan fingerprint density at radius 3 is 2.94 bits per heavy atom. The molecule has 1 saturated carbocycles. The van der Waals surface area contributed by atoms with Crippen molar-refractivity contribution in [3.05, 3.63) is 0 Å². The molecule has 0 amide bonds. The highest BCUT2D eigenvalue weighted by molar-refractivity contribution is 8.14. The van der Waals surface area contributed by atoms with Gasteiger partial charge >= 0.3 is 0 Å². The van der Waals surface area contributed by atoms with Crippen molar-refractivity contribution in [3.8, 4) is 0 Å². The van der Waals surface area contributed by atoms with Crippen LogP contribution in [0.2, 0.25) is 0 Å². The van der Waals surface area contributed by atoms with Gasteiger partial charge in [0, 0.05) is 17.0 Å². The Kier molecular flexibility index (Phi) is 3.67. The minimum Gasteiger partial charge on any atom is -0.364 e. The van der Waals surface area contributed by atoms with E-state index in [1.807, 2.05) is 11.8 Å². The molecule has 0 aromatic carbocycles. The highest BCUT2D eigenvalue weighted by atomic mass is 32.2. The molecule has 0 aromatic heterocycles. The Hall–Kier alpha value is 0.170. The molecular formula is C12H20N2S2. The molecule has 1 aliphatic carbocycles. The Morgan fingerprint density at radius 2 is 2.19 bits per heavy atom. The number of rotatable bonds is 3. The number of hydrogen-bond acceptors (Lipinski definition) is 4. The van der Waals surface area contributed by atoms with Gasteiger partial charge in [-0.25, -0.2) is 0 Å². The molecule has 1 saturated heterocycles. The minimum absolute atomic E-state index is 0.807. The third-order valence-electron chi connectivity index (χ3n) is 3.58. The van der Waals surface area contributed by atoms with Crippen LogP contribution in [0.5, 0.6) is 0 Å². The molecule has 0 spiro atoms. The first-order chi connectivity index (χ1) is 7.92. The summed E-state index contributed by atoms with van der Waals surface area (Å²) >= 11 is 4.14.